The average Bonchev–Trinajstić information content (AvgIpc) is 2.49. The predicted molar refractivity (Wildman–Crippen MR) is 80.9 cm³/mol. The summed E-state index contributed by atoms with van der Waals surface area (Å²) in [5.74, 6) is -0.126. The summed E-state index contributed by atoms with van der Waals surface area (Å²) in [6, 6.07) is 10.4. The molecule has 1 aromatic rings. The third-order valence-electron chi connectivity index (χ3n) is 4.10. The predicted octanol–water partition coefficient (Wildman–Crippen LogP) is 2.20. The van der Waals surface area contributed by atoms with Gasteiger partial charge in [-0.3, -0.25) is 4.79 Å². The number of hydrogen-bond acceptors (Lipinski definition) is 4. The highest BCUT2D eigenvalue weighted by Crippen LogP contribution is 2.29. The van der Waals surface area contributed by atoms with Crippen molar-refractivity contribution in [1.82, 2.24) is 5.32 Å². The van der Waals surface area contributed by atoms with Crippen LogP contribution in [0.5, 0.6) is 0 Å². The molecule has 1 fully saturated rings. The molecule has 4 heteroatoms. The highest BCUT2D eigenvalue weighted by atomic mass is 16.5. The van der Waals surface area contributed by atoms with Crippen LogP contribution < -0.4 is 10.2 Å². The Morgan fingerprint density at radius 3 is 2.50 bits per heavy atom. The van der Waals surface area contributed by atoms with E-state index in [1.807, 2.05) is 6.07 Å². The van der Waals surface area contributed by atoms with E-state index in [9.17, 15) is 4.79 Å². The number of hydrogen-bond donors (Lipinski definition) is 1. The highest BCUT2D eigenvalue weighted by molar-refractivity contribution is 5.70. The first kappa shape index (κ1) is 14.9. The standard InChI is InChI=1S/C16H24N2O2/c1-3-17-16(13-15(19)20-2)9-11-18(12-10-16)14-7-5-4-6-8-14/h4-8,17H,3,9-13H2,1-2H3. The normalized spacial score (nSPS) is 17.8. The summed E-state index contributed by atoms with van der Waals surface area (Å²) in [6.45, 7) is 4.90. The first-order valence-corrected chi connectivity index (χ1v) is 7.31. The van der Waals surface area contributed by atoms with Gasteiger partial charge < -0.3 is 15.0 Å². The van der Waals surface area contributed by atoms with Crippen LogP contribution in [0.15, 0.2) is 30.3 Å². The zero-order valence-corrected chi connectivity index (χ0v) is 12.4. The van der Waals surface area contributed by atoms with Crippen molar-refractivity contribution in [3.05, 3.63) is 30.3 Å². The van der Waals surface area contributed by atoms with Crippen molar-refractivity contribution in [1.29, 1.82) is 0 Å². The Labute approximate surface area is 121 Å². The molecule has 1 aliphatic rings. The quantitative estimate of drug-likeness (QED) is 0.837. The molecule has 1 N–H and O–H groups in total. The zero-order chi connectivity index (χ0) is 14.4. The molecule has 0 unspecified atom stereocenters. The SMILES string of the molecule is CCNC1(CC(=O)OC)CCN(c2ccccc2)CC1. The number of ether oxygens (including phenoxy) is 1. The van der Waals surface area contributed by atoms with Gasteiger partial charge in [0.05, 0.1) is 13.5 Å². The van der Waals surface area contributed by atoms with Crippen molar-refractivity contribution in [2.75, 3.05) is 31.6 Å². The molecule has 1 heterocycles. The highest BCUT2D eigenvalue weighted by Gasteiger charge is 2.36. The Kier molecular flexibility index (Phi) is 5.01. The van der Waals surface area contributed by atoms with Crippen LogP contribution in [0.2, 0.25) is 0 Å². The largest absolute Gasteiger partial charge is 0.469 e. The van der Waals surface area contributed by atoms with Crippen molar-refractivity contribution in [2.45, 2.75) is 31.7 Å². The van der Waals surface area contributed by atoms with Crippen LogP contribution in [-0.2, 0) is 9.53 Å². The van der Waals surface area contributed by atoms with Gasteiger partial charge in [-0.15, -0.1) is 0 Å². The number of carbonyl (C=O) groups excluding carboxylic acids is 1. The van der Waals surface area contributed by atoms with Crippen LogP contribution in [0.1, 0.15) is 26.2 Å². The van der Waals surface area contributed by atoms with Gasteiger partial charge in [0.25, 0.3) is 0 Å². The molecule has 1 aromatic carbocycles. The van der Waals surface area contributed by atoms with Gasteiger partial charge in [0.2, 0.25) is 0 Å². The fraction of sp³-hybridized carbons (Fsp3) is 0.562. The molecule has 0 aromatic heterocycles. The van der Waals surface area contributed by atoms with Gasteiger partial charge >= 0.3 is 5.97 Å². The summed E-state index contributed by atoms with van der Waals surface area (Å²) >= 11 is 0. The lowest BCUT2D eigenvalue weighted by Gasteiger charge is -2.42. The maximum atomic E-state index is 11.6. The van der Waals surface area contributed by atoms with Gasteiger partial charge in [0, 0.05) is 24.3 Å². The number of esters is 1. The summed E-state index contributed by atoms with van der Waals surface area (Å²) in [5.41, 5.74) is 1.16. The maximum absolute atomic E-state index is 11.6. The van der Waals surface area contributed by atoms with E-state index < -0.39 is 0 Å². The summed E-state index contributed by atoms with van der Waals surface area (Å²) in [5, 5.41) is 3.51. The molecule has 1 saturated heterocycles. The number of methoxy groups -OCH3 is 1. The van der Waals surface area contributed by atoms with E-state index in [-0.39, 0.29) is 11.5 Å². The van der Waals surface area contributed by atoms with Gasteiger partial charge in [-0.05, 0) is 31.5 Å². The number of benzene rings is 1. The number of carbonyl (C=O) groups is 1. The number of para-hydroxylation sites is 1. The van der Waals surface area contributed by atoms with Crippen molar-refractivity contribution < 1.29 is 9.53 Å². The second-order valence-electron chi connectivity index (χ2n) is 5.39. The molecule has 0 bridgehead atoms. The van der Waals surface area contributed by atoms with Crippen molar-refractivity contribution in [3.8, 4) is 0 Å². The van der Waals surface area contributed by atoms with Gasteiger partial charge in [-0.25, -0.2) is 0 Å². The van der Waals surface area contributed by atoms with E-state index in [4.69, 9.17) is 4.74 Å². The molecule has 110 valence electrons. The van der Waals surface area contributed by atoms with Crippen molar-refractivity contribution in [3.63, 3.8) is 0 Å². The number of nitrogens with one attached hydrogen (secondary N) is 1. The molecule has 0 spiro atoms. The first-order chi connectivity index (χ1) is 9.69. The van der Waals surface area contributed by atoms with Gasteiger partial charge in [0.1, 0.15) is 0 Å². The monoisotopic (exact) mass is 276 g/mol. The van der Waals surface area contributed by atoms with Crippen LogP contribution in [-0.4, -0.2) is 38.3 Å². The smallest absolute Gasteiger partial charge is 0.307 e. The lowest BCUT2D eigenvalue weighted by molar-refractivity contribution is -0.142. The van der Waals surface area contributed by atoms with Crippen molar-refractivity contribution >= 4 is 11.7 Å². The molecule has 20 heavy (non-hydrogen) atoms. The molecular weight excluding hydrogens is 252 g/mol. The van der Waals surface area contributed by atoms with Crippen molar-refractivity contribution in [2.24, 2.45) is 0 Å². The van der Waals surface area contributed by atoms with Crippen LogP contribution >= 0.6 is 0 Å². The Bertz CT molecular complexity index is 425. The molecule has 0 saturated carbocycles. The minimum Gasteiger partial charge on any atom is -0.469 e. The van der Waals surface area contributed by atoms with E-state index in [2.05, 4.69) is 41.4 Å². The van der Waals surface area contributed by atoms with E-state index >= 15 is 0 Å². The fourth-order valence-electron chi connectivity index (χ4n) is 2.97. The van der Waals surface area contributed by atoms with Gasteiger partial charge in [-0.1, -0.05) is 25.1 Å². The molecule has 0 atom stereocenters. The van der Waals surface area contributed by atoms with E-state index in [0.29, 0.717) is 6.42 Å². The summed E-state index contributed by atoms with van der Waals surface area (Å²) < 4.78 is 4.84. The zero-order valence-electron chi connectivity index (χ0n) is 12.4. The minimum atomic E-state index is -0.126. The Morgan fingerprint density at radius 2 is 1.95 bits per heavy atom. The van der Waals surface area contributed by atoms with Crippen LogP contribution in [0.4, 0.5) is 5.69 Å². The lowest BCUT2D eigenvalue weighted by atomic mass is 9.84. The second-order valence-corrected chi connectivity index (χ2v) is 5.39. The van der Waals surface area contributed by atoms with E-state index in [1.165, 1.54) is 12.8 Å². The van der Waals surface area contributed by atoms with E-state index in [0.717, 1.165) is 32.5 Å². The molecule has 4 nitrogen and oxygen atoms in total. The van der Waals surface area contributed by atoms with Crippen LogP contribution in [0, 0.1) is 0 Å². The van der Waals surface area contributed by atoms with E-state index in [1.54, 1.807) is 0 Å². The molecule has 1 aliphatic heterocycles. The number of piperidine rings is 1. The first-order valence-electron chi connectivity index (χ1n) is 7.31. The van der Waals surface area contributed by atoms with Gasteiger partial charge in [0.15, 0.2) is 0 Å². The van der Waals surface area contributed by atoms with Crippen LogP contribution in [0.3, 0.4) is 0 Å². The maximum Gasteiger partial charge on any atom is 0.307 e. The lowest BCUT2D eigenvalue weighted by Crippen LogP contribution is -2.54. The number of anilines is 1. The molecule has 0 aliphatic carbocycles. The van der Waals surface area contributed by atoms with Crippen LogP contribution in [0.25, 0.3) is 0 Å². The van der Waals surface area contributed by atoms with Gasteiger partial charge in [-0.2, -0.15) is 0 Å². The summed E-state index contributed by atoms with van der Waals surface area (Å²) in [4.78, 5) is 14.0. The summed E-state index contributed by atoms with van der Waals surface area (Å²) in [6.07, 6.45) is 2.38. The molecule has 0 amide bonds. The third kappa shape index (κ3) is 3.51. The Hall–Kier alpha value is -1.55. The second kappa shape index (κ2) is 6.75. The average molecular weight is 276 g/mol. The fourth-order valence-corrected chi connectivity index (χ4v) is 2.97. The summed E-state index contributed by atoms with van der Waals surface area (Å²) in [7, 11) is 1.46. The Balaban J connectivity index is 2.00. The molecule has 0 radical (unpaired) electrons. The number of rotatable bonds is 5. The molecular formula is C16H24N2O2. The topological polar surface area (TPSA) is 41.6 Å². The number of nitrogens with zero attached hydrogens (tertiary/aromatic N) is 1. The molecule has 2 rings (SSSR count). The minimum absolute atomic E-state index is 0.104. The Morgan fingerprint density at radius 1 is 1.30 bits per heavy atom. The third-order valence-corrected chi connectivity index (χ3v) is 4.10.